The number of rotatable bonds is 3. The van der Waals surface area contributed by atoms with Gasteiger partial charge in [-0.1, -0.05) is 35.6 Å². The van der Waals surface area contributed by atoms with Gasteiger partial charge in [-0.15, -0.1) is 0 Å². The van der Waals surface area contributed by atoms with Gasteiger partial charge in [0.05, 0.1) is 11.9 Å². The fourth-order valence-corrected chi connectivity index (χ4v) is 1.84. The second-order valence-electron chi connectivity index (χ2n) is 3.87. The van der Waals surface area contributed by atoms with E-state index in [9.17, 15) is 22.4 Å². The molecule has 2 aromatic rings. The zero-order valence-corrected chi connectivity index (χ0v) is 11.5. The van der Waals surface area contributed by atoms with Crippen molar-refractivity contribution in [2.45, 2.75) is 12.6 Å². The lowest BCUT2D eigenvalue weighted by atomic mass is 10.1. The molecule has 0 saturated heterocycles. The summed E-state index contributed by atoms with van der Waals surface area (Å²) in [5.74, 6) is 0. The summed E-state index contributed by atoms with van der Waals surface area (Å²) < 4.78 is 46.0. The van der Waals surface area contributed by atoms with Crippen molar-refractivity contribution in [2.24, 2.45) is 5.73 Å². The van der Waals surface area contributed by atoms with Gasteiger partial charge in [0.2, 0.25) is 5.13 Å². The van der Waals surface area contributed by atoms with E-state index in [1.54, 1.807) is 24.3 Å². The Bertz CT molecular complexity index is 566. The number of hydrogen-bond acceptors (Lipinski definition) is 4. The highest BCUT2D eigenvalue weighted by Gasteiger charge is 2.24. The molecule has 0 aliphatic heterocycles. The highest BCUT2D eigenvalue weighted by molar-refractivity contribution is 7.08. The first-order chi connectivity index (χ1) is 9.87. The molecule has 0 bridgehead atoms. The van der Waals surface area contributed by atoms with E-state index in [0.717, 1.165) is 17.6 Å². The van der Waals surface area contributed by atoms with Crippen molar-refractivity contribution < 1.29 is 22.4 Å². The summed E-state index contributed by atoms with van der Waals surface area (Å²) in [6.45, 7) is -0.316. The van der Waals surface area contributed by atoms with E-state index in [-0.39, 0.29) is 11.7 Å². The zero-order chi connectivity index (χ0) is 15.9. The quantitative estimate of drug-likeness (QED) is 0.693. The maximum Gasteiger partial charge on any atom is 0.390 e. The predicted octanol–water partition coefficient (Wildman–Crippen LogP) is 3.66. The lowest BCUT2D eigenvalue weighted by Crippen LogP contribution is -2.14. The van der Waals surface area contributed by atoms with Gasteiger partial charge in [0.1, 0.15) is 12.0 Å². The molecule has 2 rings (SSSR count). The summed E-state index contributed by atoms with van der Waals surface area (Å²) in [7, 11) is 0. The molecule has 1 aromatic heterocycles. The van der Waals surface area contributed by atoms with Crippen LogP contribution in [-0.2, 0) is 0 Å². The number of benzene rings is 1. The van der Waals surface area contributed by atoms with Gasteiger partial charge in [-0.05, 0) is 0 Å². The minimum Gasteiger partial charge on any atom is -0.330 e. The molecule has 1 aromatic carbocycles. The average molecular weight is 320 g/mol. The number of halogens is 4. The Kier molecular flexibility index (Phi) is 6.44. The fraction of sp³-hybridized carbons (Fsp3) is 0.231. The van der Waals surface area contributed by atoms with Gasteiger partial charge in [-0.2, -0.15) is 17.6 Å². The molecule has 0 unspecified atom stereocenters. The Morgan fingerprint density at radius 3 is 2.19 bits per heavy atom. The molecule has 0 aliphatic carbocycles. The van der Waals surface area contributed by atoms with Crippen LogP contribution < -0.4 is 5.73 Å². The molecule has 0 aliphatic rings. The molecule has 114 valence electrons. The highest BCUT2D eigenvalue weighted by Crippen LogP contribution is 2.23. The van der Waals surface area contributed by atoms with Crippen LogP contribution in [0.2, 0.25) is 0 Å². The van der Waals surface area contributed by atoms with E-state index >= 15 is 0 Å². The third-order valence-electron chi connectivity index (χ3n) is 2.27. The van der Waals surface area contributed by atoms with Crippen molar-refractivity contribution in [3.8, 4) is 11.3 Å². The summed E-state index contributed by atoms with van der Waals surface area (Å²) >= 11 is 0.962. The van der Waals surface area contributed by atoms with Crippen LogP contribution >= 0.6 is 11.3 Å². The van der Waals surface area contributed by atoms with E-state index < -0.39 is 12.6 Å². The molecule has 1 heterocycles. The maximum atomic E-state index is 13.1. The highest BCUT2D eigenvalue weighted by atomic mass is 32.1. The second kappa shape index (κ2) is 7.84. The molecule has 8 heteroatoms. The molecule has 2 N–H and O–H groups in total. The number of alkyl halides is 3. The van der Waals surface area contributed by atoms with Crippen molar-refractivity contribution in [1.82, 2.24) is 4.98 Å². The van der Waals surface area contributed by atoms with E-state index in [2.05, 4.69) is 10.7 Å². The third kappa shape index (κ3) is 6.01. The number of nitrogens with two attached hydrogens (primary N) is 1. The molecule has 0 radical (unpaired) electrons. The van der Waals surface area contributed by atoms with Crippen molar-refractivity contribution >= 4 is 17.6 Å². The van der Waals surface area contributed by atoms with Crippen molar-refractivity contribution in [1.29, 1.82) is 0 Å². The summed E-state index contributed by atoms with van der Waals surface area (Å²) in [6, 6.07) is 6.64. The van der Waals surface area contributed by atoms with Crippen molar-refractivity contribution in [3.05, 3.63) is 40.5 Å². The molecule has 0 atom stereocenters. The summed E-state index contributed by atoms with van der Waals surface area (Å²) in [5, 5.41) is -0.302. The Labute approximate surface area is 122 Å². The molecular weight excluding hydrogens is 308 g/mol. The topological polar surface area (TPSA) is 56.0 Å². The summed E-state index contributed by atoms with van der Waals surface area (Å²) in [5.41, 5.74) is 7.65. The number of nitrogens with zero attached hydrogens (tertiary/aromatic N) is 1. The molecule has 0 spiro atoms. The Balaban J connectivity index is 0.000000270. The maximum absolute atomic E-state index is 13.1. The lowest BCUT2D eigenvalue weighted by Gasteiger charge is -2.00. The lowest BCUT2D eigenvalue weighted by molar-refractivity contribution is -0.132. The van der Waals surface area contributed by atoms with E-state index in [1.807, 2.05) is 0 Å². The largest absolute Gasteiger partial charge is 0.390 e. The monoisotopic (exact) mass is 320 g/mol. The molecule has 0 amide bonds. The van der Waals surface area contributed by atoms with Crippen LogP contribution in [0.15, 0.2) is 29.8 Å². The van der Waals surface area contributed by atoms with Gasteiger partial charge in [-0.25, -0.2) is 4.98 Å². The van der Waals surface area contributed by atoms with Gasteiger partial charge in [0, 0.05) is 17.7 Å². The van der Waals surface area contributed by atoms with Crippen LogP contribution in [-0.4, -0.2) is 24.0 Å². The van der Waals surface area contributed by atoms with Crippen molar-refractivity contribution in [3.63, 3.8) is 0 Å². The van der Waals surface area contributed by atoms with Gasteiger partial charge in [0.15, 0.2) is 0 Å². The first-order valence-electron chi connectivity index (χ1n) is 5.79. The van der Waals surface area contributed by atoms with Crippen LogP contribution in [0.3, 0.4) is 0 Å². The molecule has 0 saturated carbocycles. The minimum absolute atomic E-state index is 0.302. The SMILES string of the molecule is NCCC(F)(F)F.O=Cc1ccc(-c2ncsc2F)cc1. The molecule has 21 heavy (non-hydrogen) atoms. The van der Waals surface area contributed by atoms with Gasteiger partial charge < -0.3 is 5.73 Å². The zero-order valence-electron chi connectivity index (χ0n) is 10.7. The van der Waals surface area contributed by atoms with E-state index in [0.29, 0.717) is 16.8 Å². The number of aromatic nitrogens is 1. The fourth-order valence-electron chi connectivity index (χ4n) is 1.30. The van der Waals surface area contributed by atoms with Gasteiger partial charge in [-0.3, -0.25) is 4.79 Å². The normalized spacial score (nSPS) is 10.7. The molecule has 3 nitrogen and oxygen atoms in total. The number of carbonyl (C=O) groups is 1. The van der Waals surface area contributed by atoms with Gasteiger partial charge in [0.25, 0.3) is 0 Å². The van der Waals surface area contributed by atoms with Crippen LogP contribution in [0.4, 0.5) is 17.6 Å². The Morgan fingerprint density at radius 1 is 1.24 bits per heavy atom. The van der Waals surface area contributed by atoms with Crippen LogP contribution in [0.25, 0.3) is 11.3 Å². The Hall–Kier alpha value is -1.80. The first-order valence-corrected chi connectivity index (χ1v) is 6.66. The number of aldehydes is 1. The first kappa shape index (κ1) is 17.3. The Morgan fingerprint density at radius 2 is 1.86 bits per heavy atom. The van der Waals surface area contributed by atoms with E-state index in [4.69, 9.17) is 0 Å². The van der Waals surface area contributed by atoms with Crippen LogP contribution in [0.1, 0.15) is 16.8 Å². The van der Waals surface area contributed by atoms with E-state index in [1.165, 1.54) is 5.51 Å². The van der Waals surface area contributed by atoms with Crippen LogP contribution in [0, 0.1) is 5.13 Å². The van der Waals surface area contributed by atoms with Gasteiger partial charge >= 0.3 is 6.18 Å². The second-order valence-corrected chi connectivity index (χ2v) is 4.67. The van der Waals surface area contributed by atoms with Crippen molar-refractivity contribution in [2.75, 3.05) is 6.54 Å². The number of hydrogen-bond donors (Lipinski definition) is 1. The molecule has 0 fully saturated rings. The average Bonchev–Trinajstić information content (AvgIpc) is 2.84. The smallest absolute Gasteiger partial charge is 0.330 e. The molecular formula is C13H12F4N2OS. The standard InChI is InChI=1S/C10H6FNOS.C3H6F3N/c11-10-9(12-6-14-10)8-3-1-7(5-13)2-4-8;4-3(5,6)1-2-7/h1-6H;1-2,7H2. The predicted molar refractivity (Wildman–Crippen MR) is 72.6 cm³/mol. The summed E-state index contributed by atoms with van der Waals surface area (Å²) in [6.07, 6.45) is -4.21. The number of thiazole rings is 1. The third-order valence-corrected chi connectivity index (χ3v) is 2.88. The summed E-state index contributed by atoms with van der Waals surface area (Å²) in [4.78, 5) is 14.3. The number of carbonyl (C=O) groups excluding carboxylic acids is 1. The van der Waals surface area contributed by atoms with Crippen LogP contribution in [0.5, 0.6) is 0 Å². The minimum atomic E-state index is -4.07.